The van der Waals surface area contributed by atoms with E-state index < -0.39 is 11.5 Å². The number of nitrogens with two attached hydrogens (primary N) is 1. The predicted octanol–water partition coefficient (Wildman–Crippen LogP) is 0.509. The lowest BCUT2D eigenvalue weighted by Crippen LogP contribution is -2.56. The van der Waals surface area contributed by atoms with Crippen LogP contribution in [-0.2, 0) is 16.1 Å². The van der Waals surface area contributed by atoms with Crippen molar-refractivity contribution in [1.29, 1.82) is 0 Å². The number of benzene rings is 1. The summed E-state index contributed by atoms with van der Waals surface area (Å²) in [5.74, 6) is -1.16. The fourth-order valence-corrected chi connectivity index (χ4v) is 2.09. The highest BCUT2D eigenvalue weighted by molar-refractivity contribution is 5.87. The van der Waals surface area contributed by atoms with Crippen molar-refractivity contribution in [3.05, 3.63) is 35.4 Å². The number of ether oxygens (including phenoxy) is 1. The van der Waals surface area contributed by atoms with Gasteiger partial charge in [-0.3, -0.25) is 4.79 Å². The summed E-state index contributed by atoms with van der Waals surface area (Å²) in [7, 11) is 0. The SMILES string of the molecule is NC1(C(=O)NCc2ccc(C(=O)O)cc2)CCOCC1. The van der Waals surface area contributed by atoms with E-state index in [1.54, 1.807) is 12.1 Å². The van der Waals surface area contributed by atoms with E-state index in [2.05, 4.69) is 5.32 Å². The van der Waals surface area contributed by atoms with Gasteiger partial charge < -0.3 is 20.9 Å². The lowest BCUT2D eigenvalue weighted by atomic mass is 9.90. The van der Waals surface area contributed by atoms with E-state index in [0.717, 1.165) is 5.56 Å². The van der Waals surface area contributed by atoms with Crippen LogP contribution >= 0.6 is 0 Å². The van der Waals surface area contributed by atoms with Crippen LogP contribution < -0.4 is 11.1 Å². The molecule has 6 nitrogen and oxygen atoms in total. The maximum Gasteiger partial charge on any atom is 0.335 e. The first-order chi connectivity index (χ1) is 9.51. The number of hydrogen-bond donors (Lipinski definition) is 3. The molecule has 0 bridgehead atoms. The maximum absolute atomic E-state index is 12.1. The molecule has 1 saturated heterocycles. The molecule has 0 radical (unpaired) electrons. The molecule has 1 heterocycles. The summed E-state index contributed by atoms with van der Waals surface area (Å²) in [6.45, 7) is 1.33. The molecule has 0 aliphatic carbocycles. The van der Waals surface area contributed by atoms with Crippen LogP contribution in [0.1, 0.15) is 28.8 Å². The molecular formula is C14H18N2O4. The monoisotopic (exact) mass is 278 g/mol. The molecule has 0 atom stereocenters. The largest absolute Gasteiger partial charge is 0.478 e. The maximum atomic E-state index is 12.1. The topological polar surface area (TPSA) is 102 Å². The molecule has 1 amide bonds. The van der Waals surface area contributed by atoms with E-state index in [-0.39, 0.29) is 11.5 Å². The Morgan fingerprint density at radius 1 is 1.25 bits per heavy atom. The highest BCUT2D eigenvalue weighted by Crippen LogP contribution is 2.17. The van der Waals surface area contributed by atoms with Crippen LogP contribution in [0.4, 0.5) is 0 Å². The number of carbonyl (C=O) groups excluding carboxylic acids is 1. The molecule has 0 saturated carbocycles. The van der Waals surface area contributed by atoms with Crippen LogP contribution in [-0.4, -0.2) is 35.7 Å². The molecule has 1 fully saturated rings. The minimum atomic E-state index is -0.969. The van der Waals surface area contributed by atoms with E-state index >= 15 is 0 Å². The minimum absolute atomic E-state index is 0.192. The van der Waals surface area contributed by atoms with Gasteiger partial charge in [0.05, 0.1) is 11.1 Å². The van der Waals surface area contributed by atoms with Crippen LogP contribution in [0.25, 0.3) is 0 Å². The molecule has 20 heavy (non-hydrogen) atoms. The molecule has 1 aromatic rings. The number of rotatable bonds is 4. The van der Waals surface area contributed by atoms with Gasteiger partial charge in [-0.2, -0.15) is 0 Å². The summed E-state index contributed by atoms with van der Waals surface area (Å²) in [4.78, 5) is 22.8. The van der Waals surface area contributed by atoms with E-state index in [9.17, 15) is 9.59 Å². The Labute approximate surface area is 116 Å². The molecule has 1 aromatic carbocycles. The summed E-state index contributed by atoms with van der Waals surface area (Å²) >= 11 is 0. The molecule has 108 valence electrons. The Morgan fingerprint density at radius 2 is 1.85 bits per heavy atom. The first-order valence-electron chi connectivity index (χ1n) is 6.48. The van der Waals surface area contributed by atoms with Crippen molar-refractivity contribution < 1.29 is 19.4 Å². The number of amides is 1. The fourth-order valence-electron chi connectivity index (χ4n) is 2.09. The van der Waals surface area contributed by atoms with E-state index in [1.165, 1.54) is 12.1 Å². The average molecular weight is 278 g/mol. The number of hydrogen-bond acceptors (Lipinski definition) is 4. The second-order valence-corrected chi connectivity index (χ2v) is 4.95. The highest BCUT2D eigenvalue weighted by Gasteiger charge is 2.35. The highest BCUT2D eigenvalue weighted by atomic mass is 16.5. The standard InChI is InChI=1S/C14H18N2O4/c15-14(5-7-20-8-6-14)13(19)16-9-10-1-3-11(4-2-10)12(17)18/h1-4H,5-9,15H2,(H,16,19)(H,17,18). The van der Waals surface area contributed by atoms with E-state index in [0.29, 0.717) is 32.6 Å². The molecule has 2 rings (SSSR count). The van der Waals surface area contributed by atoms with Crippen molar-refractivity contribution in [1.82, 2.24) is 5.32 Å². The number of carbonyl (C=O) groups is 2. The van der Waals surface area contributed by atoms with Crippen molar-refractivity contribution in [3.8, 4) is 0 Å². The second kappa shape index (κ2) is 6.02. The summed E-state index contributed by atoms with van der Waals surface area (Å²) < 4.78 is 5.20. The average Bonchev–Trinajstić information content (AvgIpc) is 2.46. The number of carboxylic acid groups (broad SMARTS) is 1. The molecule has 0 aromatic heterocycles. The molecule has 0 unspecified atom stereocenters. The third-order valence-electron chi connectivity index (χ3n) is 3.49. The third-order valence-corrected chi connectivity index (χ3v) is 3.49. The second-order valence-electron chi connectivity index (χ2n) is 4.95. The zero-order valence-corrected chi connectivity index (χ0v) is 11.1. The van der Waals surface area contributed by atoms with Crippen molar-refractivity contribution in [2.45, 2.75) is 24.9 Å². The zero-order valence-electron chi connectivity index (χ0n) is 11.1. The van der Waals surface area contributed by atoms with Gasteiger partial charge in [0.25, 0.3) is 0 Å². The fraction of sp³-hybridized carbons (Fsp3) is 0.429. The van der Waals surface area contributed by atoms with Gasteiger partial charge in [0.15, 0.2) is 0 Å². The van der Waals surface area contributed by atoms with Gasteiger partial charge in [-0.25, -0.2) is 4.79 Å². The van der Waals surface area contributed by atoms with E-state index in [4.69, 9.17) is 15.6 Å². The molecule has 6 heteroatoms. The number of carboxylic acids is 1. The molecule has 1 aliphatic rings. The smallest absolute Gasteiger partial charge is 0.335 e. The summed E-state index contributed by atoms with van der Waals surface area (Å²) in [5.41, 5.74) is 6.25. The Hall–Kier alpha value is -1.92. The minimum Gasteiger partial charge on any atom is -0.478 e. The van der Waals surface area contributed by atoms with Crippen LogP contribution in [0.3, 0.4) is 0 Å². The van der Waals surface area contributed by atoms with Gasteiger partial charge in [0, 0.05) is 19.8 Å². The Bertz CT molecular complexity index is 492. The molecule has 0 spiro atoms. The van der Waals surface area contributed by atoms with Crippen molar-refractivity contribution >= 4 is 11.9 Å². The number of nitrogens with one attached hydrogen (secondary N) is 1. The Morgan fingerprint density at radius 3 is 2.40 bits per heavy atom. The van der Waals surface area contributed by atoms with Crippen molar-refractivity contribution in [3.63, 3.8) is 0 Å². The van der Waals surface area contributed by atoms with Crippen LogP contribution in [0.15, 0.2) is 24.3 Å². The van der Waals surface area contributed by atoms with Gasteiger partial charge in [-0.15, -0.1) is 0 Å². The molecular weight excluding hydrogens is 260 g/mol. The third kappa shape index (κ3) is 3.34. The number of aromatic carboxylic acids is 1. The Kier molecular flexibility index (Phi) is 4.36. The summed E-state index contributed by atoms with van der Waals surface area (Å²) in [6.07, 6.45) is 1.02. The van der Waals surface area contributed by atoms with Gasteiger partial charge in [-0.05, 0) is 30.5 Å². The van der Waals surface area contributed by atoms with Gasteiger partial charge in [-0.1, -0.05) is 12.1 Å². The lowest BCUT2D eigenvalue weighted by Gasteiger charge is -2.31. The zero-order chi connectivity index (χ0) is 14.6. The molecule has 4 N–H and O–H groups in total. The van der Waals surface area contributed by atoms with Gasteiger partial charge in [0.1, 0.15) is 0 Å². The van der Waals surface area contributed by atoms with Gasteiger partial charge in [0.2, 0.25) is 5.91 Å². The molecule has 1 aliphatic heterocycles. The first kappa shape index (κ1) is 14.5. The normalized spacial score (nSPS) is 17.4. The van der Waals surface area contributed by atoms with Gasteiger partial charge >= 0.3 is 5.97 Å². The first-order valence-corrected chi connectivity index (χ1v) is 6.48. The van der Waals surface area contributed by atoms with Crippen molar-refractivity contribution in [2.24, 2.45) is 5.73 Å². The summed E-state index contributed by atoms with van der Waals surface area (Å²) in [5, 5.41) is 11.6. The summed E-state index contributed by atoms with van der Waals surface area (Å²) in [6, 6.07) is 6.38. The van der Waals surface area contributed by atoms with Crippen LogP contribution in [0, 0.1) is 0 Å². The van der Waals surface area contributed by atoms with Crippen molar-refractivity contribution in [2.75, 3.05) is 13.2 Å². The predicted molar refractivity (Wildman–Crippen MR) is 72.2 cm³/mol. The quantitative estimate of drug-likeness (QED) is 0.744. The van der Waals surface area contributed by atoms with Crippen LogP contribution in [0.2, 0.25) is 0 Å². The van der Waals surface area contributed by atoms with E-state index in [1.807, 2.05) is 0 Å². The lowest BCUT2D eigenvalue weighted by molar-refractivity contribution is -0.129. The van der Waals surface area contributed by atoms with Crippen LogP contribution in [0.5, 0.6) is 0 Å². The Balaban J connectivity index is 1.91.